The van der Waals surface area contributed by atoms with Gasteiger partial charge in [-0.25, -0.2) is 0 Å². The van der Waals surface area contributed by atoms with Crippen LogP contribution in [0.1, 0.15) is 78.1 Å². The van der Waals surface area contributed by atoms with Gasteiger partial charge in [-0.1, -0.05) is 19.9 Å². The van der Waals surface area contributed by atoms with E-state index in [0.29, 0.717) is 50.5 Å². The number of carbonyl (C=O) groups is 1. The predicted octanol–water partition coefficient (Wildman–Crippen LogP) is -3.21. The molecule has 3 saturated carbocycles. The third-order valence-corrected chi connectivity index (χ3v) is 14.5. The van der Waals surface area contributed by atoms with Gasteiger partial charge in [0.05, 0.1) is 24.7 Å². The second-order valence-electron chi connectivity index (χ2n) is 18.6. The molecule has 20 atom stereocenters. The van der Waals surface area contributed by atoms with E-state index < -0.39 is 171 Å². The monoisotopic (exact) mass is 954 g/mol. The first-order valence-corrected chi connectivity index (χ1v) is 22.4. The van der Waals surface area contributed by atoms with Crippen molar-refractivity contribution in [2.24, 2.45) is 28.6 Å². The molecule has 2 heterocycles. The largest absolute Gasteiger partial charge is 0.506 e. The van der Waals surface area contributed by atoms with E-state index >= 15 is 0 Å². The van der Waals surface area contributed by atoms with Crippen molar-refractivity contribution in [1.29, 1.82) is 0 Å². The Balaban J connectivity index is 1.34. The number of hydrogen-bond acceptors (Lipinski definition) is 23. The number of carbonyl (C=O) groups excluding carboxylic acids is 1. The van der Waals surface area contributed by atoms with Crippen LogP contribution in [-0.2, 0) is 33.2 Å². The van der Waals surface area contributed by atoms with Crippen LogP contribution in [0.4, 0.5) is 0 Å². The average molecular weight is 955 g/mol. The highest BCUT2D eigenvalue weighted by Gasteiger charge is 2.60. The van der Waals surface area contributed by atoms with Crippen molar-refractivity contribution in [2.45, 2.75) is 170 Å². The number of esters is 1. The summed E-state index contributed by atoms with van der Waals surface area (Å²) in [6.45, 7) is 5.14. The lowest BCUT2D eigenvalue weighted by Gasteiger charge is -2.59. The smallest absolute Gasteiger partial charge is 0.314 e. The molecule has 0 amide bonds. The van der Waals surface area contributed by atoms with Crippen LogP contribution in [0, 0.1) is 28.6 Å². The standard InChI is InChI=1S/C43H70O23/c1-18-15-19-5-8-26-42(2,20(19)6-7-23(18)61-37(58)35(27(50)21(48)9-13-44)64-39-33(56)31(54)29(52)24(16-46)62-39)11-4-12-43(26,3)41(60)66-38(59)36(28(51)22(49)10-14-45)65-40-34(57)32(55)30(53)25(17-47)63-40/h19-26,29-34,37-40,44-59H,1,4-17H2,2-3H3/b35-27+,36-28+/t19?,20-,21?,22?,23?,24?,25?,26?,29?,30?,31?,32?,33?,34?,37?,38?,39?,40?,42+,43-/m1/s1. The Morgan fingerprint density at radius 3 is 1.68 bits per heavy atom. The summed E-state index contributed by atoms with van der Waals surface area (Å²) >= 11 is 0. The Bertz CT molecular complexity index is 1690. The highest BCUT2D eigenvalue weighted by Crippen LogP contribution is 2.64. The van der Waals surface area contributed by atoms with Crippen LogP contribution in [0.25, 0.3) is 0 Å². The fourth-order valence-corrected chi connectivity index (χ4v) is 10.8. The summed E-state index contributed by atoms with van der Waals surface area (Å²) in [4.78, 5) is 14.4. The zero-order valence-corrected chi connectivity index (χ0v) is 37.0. The van der Waals surface area contributed by atoms with E-state index in [1.807, 2.05) is 0 Å². The number of ether oxygens (including phenoxy) is 6. The van der Waals surface area contributed by atoms with Crippen LogP contribution in [0.15, 0.2) is 35.2 Å². The second kappa shape index (κ2) is 22.8. The summed E-state index contributed by atoms with van der Waals surface area (Å²) in [5.74, 6) is -5.22. The summed E-state index contributed by atoms with van der Waals surface area (Å²) in [5, 5.41) is 166. The zero-order valence-electron chi connectivity index (χ0n) is 37.0. The lowest BCUT2D eigenvalue weighted by atomic mass is 9.45. The Labute approximate surface area is 381 Å². The summed E-state index contributed by atoms with van der Waals surface area (Å²) < 4.78 is 33.5. The Kier molecular flexibility index (Phi) is 18.7. The molecule has 66 heavy (non-hydrogen) atoms. The van der Waals surface area contributed by atoms with Gasteiger partial charge in [-0.05, 0) is 80.6 Å². The molecule has 0 aromatic rings. The highest BCUT2D eigenvalue weighted by molar-refractivity contribution is 5.77. The molecule has 5 aliphatic rings. The summed E-state index contributed by atoms with van der Waals surface area (Å²) in [6.07, 6.45) is -24.2. The van der Waals surface area contributed by atoms with E-state index in [4.69, 9.17) is 28.4 Å². The minimum Gasteiger partial charge on any atom is -0.506 e. The molecule has 0 radical (unpaired) electrons. The van der Waals surface area contributed by atoms with Crippen LogP contribution in [0.5, 0.6) is 0 Å². The molecule has 5 rings (SSSR count). The topological polar surface area (TPSA) is 396 Å². The first-order valence-electron chi connectivity index (χ1n) is 22.4. The second-order valence-corrected chi connectivity index (χ2v) is 18.6. The Hall–Kier alpha value is -2.79. The molecular weight excluding hydrogens is 884 g/mol. The molecule has 0 spiro atoms. The van der Waals surface area contributed by atoms with E-state index in [1.165, 1.54) is 0 Å². The lowest BCUT2D eigenvalue weighted by molar-refractivity contribution is -0.300. The molecule has 380 valence electrons. The summed E-state index contributed by atoms with van der Waals surface area (Å²) in [5.41, 5.74) is -1.23. The quantitative estimate of drug-likeness (QED) is 0.0278. The zero-order chi connectivity index (χ0) is 49.0. The lowest BCUT2D eigenvalue weighted by Crippen LogP contribution is -2.59. The van der Waals surface area contributed by atoms with Gasteiger partial charge in [0, 0.05) is 26.1 Å². The maximum Gasteiger partial charge on any atom is 0.314 e. The van der Waals surface area contributed by atoms with Gasteiger partial charge >= 0.3 is 5.97 Å². The summed E-state index contributed by atoms with van der Waals surface area (Å²) in [7, 11) is 0. The molecular formula is C43H70O23. The van der Waals surface area contributed by atoms with Crippen LogP contribution >= 0.6 is 0 Å². The normalized spacial score (nSPS) is 41.1. The van der Waals surface area contributed by atoms with Gasteiger partial charge in [0.15, 0.2) is 17.3 Å². The molecule has 23 nitrogen and oxygen atoms in total. The average Bonchev–Trinajstić information content (AvgIpc) is 3.44. The SMILES string of the molecule is C=C1CC2CCC3[C@](C)(C(=O)OC(O)/C(OC4OC(CO)C(O)C(O)C4O)=C(\O)C(O)CCO)CCC[C@@]3(C)[C@@H]2CCC1OC(O)/C(OC1OC(CO)C(O)C(O)C1O)=C(\O)C(O)CCO. The van der Waals surface area contributed by atoms with E-state index in [-0.39, 0.29) is 24.2 Å². The van der Waals surface area contributed by atoms with E-state index in [0.717, 1.165) is 0 Å². The third-order valence-electron chi connectivity index (χ3n) is 14.5. The molecule has 2 aliphatic heterocycles. The molecule has 2 saturated heterocycles. The minimum atomic E-state index is -2.43. The molecule has 0 bridgehead atoms. The van der Waals surface area contributed by atoms with Gasteiger partial charge in [-0.3, -0.25) is 4.79 Å². The van der Waals surface area contributed by atoms with Crippen molar-refractivity contribution in [3.05, 3.63) is 35.2 Å². The van der Waals surface area contributed by atoms with E-state index in [1.54, 1.807) is 6.92 Å². The number of rotatable bonds is 18. The first kappa shape index (κ1) is 54.2. The molecule has 16 N–H and O–H groups in total. The fourth-order valence-electron chi connectivity index (χ4n) is 10.8. The van der Waals surface area contributed by atoms with Crippen LogP contribution < -0.4 is 0 Å². The minimum absolute atomic E-state index is 0.0139. The number of hydrogen-bond donors (Lipinski definition) is 16. The molecule has 17 unspecified atom stereocenters. The number of fused-ring (bicyclic) bond motifs is 3. The first-order chi connectivity index (χ1) is 31.1. The van der Waals surface area contributed by atoms with Crippen LogP contribution in [0.2, 0.25) is 0 Å². The van der Waals surface area contributed by atoms with Gasteiger partial charge in [0.2, 0.25) is 24.6 Å². The highest BCUT2D eigenvalue weighted by atomic mass is 16.7. The predicted molar refractivity (Wildman–Crippen MR) is 220 cm³/mol. The molecule has 23 heteroatoms. The van der Waals surface area contributed by atoms with Crippen molar-refractivity contribution in [3.8, 4) is 0 Å². The van der Waals surface area contributed by atoms with Gasteiger partial charge in [-0.15, -0.1) is 0 Å². The van der Waals surface area contributed by atoms with Crippen LogP contribution in [0.3, 0.4) is 0 Å². The Morgan fingerprint density at radius 2 is 1.20 bits per heavy atom. The van der Waals surface area contributed by atoms with Gasteiger partial charge in [-0.2, -0.15) is 0 Å². The maximum absolute atomic E-state index is 14.4. The third kappa shape index (κ3) is 11.1. The van der Waals surface area contributed by atoms with E-state index in [2.05, 4.69) is 13.5 Å². The molecule has 3 aliphatic carbocycles. The van der Waals surface area contributed by atoms with Crippen molar-refractivity contribution in [3.63, 3.8) is 0 Å². The van der Waals surface area contributed by atoms with Gasteiger partial charge < -0.3 is 110 Å². The van der Waals surface area contributed by atoms with Gasteiger partial charge in [0.1, 0.15) is 61.0 Å². The van der Waals surface area contributed by atoms with Crippen molar-refractivity contribution in [2.75, 3.05) is 26.4 Å². The van der Waals surface area contributed by atoms with Crippen molar-refractivity contribution in [1.82, 2.24) is 0 Å². The van der Waals surface area contributed by atoms with E-state index in [9.17, 15) is 86.5 Å². The molecule has 0 aromatic heterocycles. The maximum atomic E-state index is 14.4. The van der Waals surface area contributed by atoms with Crippen molar-refractivity contribution >= 4 is 5.97 Å². The van der Waals surface area contributed by atoms with Crippen molar-refractivity contribution < 1.29 is 115 Å². The number of aliphatic hydroxyl groups excluding tert-OH is 16. The van der Waals surface area contributed by atoms with Crippen LogP contribution in [-0.4, -0.2) is 206 Å². The fraction of sp³-hybridized carbons (Fsp3) is 0.837. The Morgan fingerprint density at radius 1 is 0.697 bits per heavy atom. The van der Waals surface area contributed by atoms with Gasteiger partial charge in [0.25, 0.3) is 6.29 Å². The molecule has 0 aromatic carbocycles. The summed E-state index contributed by atoms with van der Waals surface area (Å²) in [6, 6.07) is 0. The molecule has 5 fully saturated rings. The number of aliphatic hydroxyl groups is 16.